The summed E-state index contributed by atoms with van der Waals surface area (Å²) >= 11 is 1.52. The van der Waals surface area contributed by atoms with Crippen molar-refractivity contribution in [3.63, 3.8) is 0 Å². The number of carbonyl (C=O) groups is 2. The Balaban J connectivity index is 1.16. The minimum atomic E-state index is 0.00587. The lowest BCUT2D eigenvalue weighted by molar-refractivity contribution is -0.114. The molecule has 0 aliphatic carbocycles. The van der Waals surface area contributed by atoms with Crippen molar-refractivity contribution >= 4 is 35.3 Å². The van der Waals surface area contributed by atoms with Gasteiger partial charge in [-0.15, -0.1) is 0 Å². The number of para-hydroxylation sites is 1. The van der Waals surface area contributed by atoms with Gasteiger partial charge in [-0.2, -0.15) is 0 Å². The number of nitrogens with zero attached hydrogens (tertiary/aromatic N) is 3. The molecule has 3 aliphatic rings. The van der Waals surface area contributed by atoms with Crippen LogP contribution >= 0.6 is 11.8 Å². The number of likely N-dealkylation sites (tertiary alicyclic amines) is 2. The van der Waals surface area contributed by atoms with Gasteiger partial charge in [0, 0.05) is 29.6 Å². The summed E-state index contributed by atoms with van der Waals surface area (Å²) in [6.07, 6.45) is 8.05. The predicted molar refractivity (Wildman–Crippen MR) is 168 cm³/mol. The Labute approximate surface area is 248 Å². The van der Waals surface area contributed by atoms with Crippen molar-refractivity contribution in [2.24, 2.45) is 0 Å². The second kappa shape index (κ2) is 12.3. The minimum Gasteiger partial charge on any atom is -0.339 e. The molecule has 0 saturated carbocycles. The Morgan fingerprint density at radius 1 is 0.902 bits per heavy atom. The highest BCUT2D eigenvalue weighted by molar-refractivity contribution is 8.04. The van der Waals surface area contributed by atoms with E-state index < -0.39 is 0 Å². The number of aryl methyl sites for hydroxylation is 2. The zero-order valence-corrected chi connectivity index (χ0v) is 25.0. The summed E-state index contributed by atoms with van der Waals surface area (Å²) in [4.78, 5) is 35.4. The van der Waals surface area contributed by atoms with E-state index in [0.717, 1.165) is 47.6 Å². The standard InChI is InChI=1S/C35H39N3O2S/c1-25-10-11-26(2)29(22-25)24-38-31-8-4-5-9-32(31)41-33(35(38)40)23-27-12-14-28(15-13-27)34(39)37-20-16-30(17-21-37)36-18-6-3-7-19-36/h4-5,8-15,22-23,30H,3,6-7,16-21,24H2,1-2H3. The maximum atomic E-state index is 13.8. The predicted octanol–water partition coefficient (Wildman–Crippen LogP) is 7.07. The fraction of sp³-hybridized carbons (Fsp3) is 0.371. The SMILES string of the molecule is Cc1ccc(C)c(CN2C(=O)C(=Cc3ccc(C(=O)N4CCC(N5CCCCC5)CC4)cc3)Sc3ccccc32)c1. The highest BCUT2D eigenvalue weighted by atomic mass is 32.2. The second-order valence-electron chi connectivity index (χ2n) is 11.6. The topological polar surface area (TPSA) is 43.9 Å². The normalized spacial score (nSPS) is 19.5. The number of benzene rings is 3. The third-order valence-electron chi connectivity index (χ3n) is 8.78. The molecule has 6 rings (SSSR count). The molecular weight excluding hydrogens is 526 g/mol. The van der Waals surface area contributed by atoms with Crippen LogP contribution in [0.5, 0.6) is 0 Å². The second-order valence-corrected chi connectivity index (χ2v) is 12.7. The summed E-state index contributed by atoms with van der Waals surface area (Å²) in [5.41, 5.74) is 6.11. The van der Waals surface area contributed by atoms with Gasteiger partial charge in [0.05, 0.1) is 17.1 Å². The van der Waals surface area contributed by atoms with Crippen LogP contribution in [0.25, 0.3) is 6.08 Å². The van der Waals surface area contributed by atoms with Crippen LogP contribution in [0.4, 0.5) is 5.69 Å². The molecule has 2 saturated heterocycles. The first kappa shape index (κ1) is 27.8. The lowest BCUT2D eigenvalue weighted by atomic mass is 9.99. The number of amides is 2. The van der Waals surface area contributed by atoms with Crippen molar-refractivity contribution in [2.45, 2.75) is 63.4 Å². The average molecular weight is 566 g/mol. The van der Waals surface area contributed by atoms with Gasteiger partial charge in [0.2, 0.25) is 0 Å². The van der Waals surface area contributed by atoms with E-state index >= 15 is 0 Å². The summed E-state index contributed by atoms with van der Waals surface area (Å²) in [5, 5.41) is 0. The Hall–Kier alpha value is -3.35. The molecule has 3 aromatic rings. The van der Waals surface area contributed by atoms with Gasteiger partial charge < -0.3 is 14.7 Å². The third kappa shape index (κ3) is 6.14. The summed E-state index contributed by atoms with van der Waals surface area (Å²) in [7, 11) is 0. The summed E-state index contributed by atoms with van der Waals surface area (Å²) in [5.74, 6) is 0.115. The Kier molecular flexibility index (Phi) is 8.31. The smallest absolute Gasteiger partial charge is 0.265 e. The number of anilines is 1. The molecule has 3 aliphatic heterocycles. The fourth-order valence-electron chi connectivity index (χ4n) is 6.33. The van der Waals surface area contributed by atoms with Crippen molar-refractivity contribution in [3.8, 4) is 0 Å². The van der Waals surface area contributed by atoms with E-state index in [-0.39, 0.29) is 11.8 Å². The van der Waals surface area contributed by atoms with E-state index in [0.29, 0.717) is 23.1 Å². The molecule has 0 unspecified atom stereocenters. The van der Waals surface area contributed by atoms with Crippen LogP contribution in [-0.4, -0.2) is 53.8 Å². The molecule has 2 fully saturated rings. The highest BCUT2D eigenvalue weighted by Gasteiger charge is 2.30. The van der Waals surface area contributed by atoms with Gasteiger partial charge in [-0.3, -0.25) is 9.59 Å². The number of hydrogen-bond acceptors (Lipinski definition) is 4. The molecule has 0 bridgehead atoms. The lowest BCUT2D eigenvalue weighted by Gasteiger charge is -2.40. The van der Waals surface area contributed by atoms with Crippen molar-refractivity contribution in [1.82, 2.24) is 9.80 Å². The van der Waals surface area contributed by atoms with Crippen molar-refractivity contribution < 1.29 is 9.59 Å². The number of thioether (sulfide) groups is 1. The Bertz CT molecular complexity index is 1450. The molecule has 3 aromatic carbocycles. The molecule has 0 N–H and O–H groups in total. The Morgan fingerprint density at radius 3 is 2.39 bits per heavy atom. The van der Waals surface area contributed by atoms with E-state index in [2.05, 4.69) is 43.0 Å². The van der Waals surface area contributed by atoms with Gasteiger partial charge in [0.25, 0.3) is 11.8 Å². The van der Waals surface area contributed by atoms with Crippen LogP contribution in [0.15, 0.2) is 76.5 Å². The van der Waals surface area contributed by atoms with Crippen LogP contribution in [0.3, 0.4) is 0 Å². The monoisotopic (exact) mass is 565 g/mol. The maximum Gasteiger partial charge on any atom is 0.265 e. The molecule has 0 atom stereocenters. The quantitative estimate of drug-likeness (QED) is 0.310. The van der Waals surface area contributed by atoms with E-state index in [1.165, 1.54) is 55.2 Å². The first-order chi connectivity index (χ1) is 20.0. The fourth-order valence-corrected chi connectivity index (χ4v) is 7.39. The van der Waals surface area contributed by atoms with Crippen LogP contribution in [0.1, 0.15) is 64.7 Å². The van der Waals surface area contributed by atoms with Gasteiger partial charge in [-0.25, -0.2) is 0 Å². The largest absolute Gasteiger partial charge is 0.339 e. The molecule has 0 radical (unpaired) electrons. The number of piperidine rings is 2. The van der Waals surface area contributed by atoms with E-state index in [1.807, 2.05) is 58.3 Å². The van der Waals surface area contributed by atoms with E-state index in [4.69, 9.17) is 0 Å². The van der Waals surface area contributed by atoms with Gasteiger partial charge in [-0.05, 0) is 99.7 Å². The summed E-state index contributed by atoms with van der Waals surface area (Å²) < 4.78 is 0. The highest BCUT2D eigenvalue weighted by Crippen LogP contribution is 2.42. The molecule has 212 valence electrons. The molecule has 2 amide bonds. The minimum absolute atomic E-state index is 0.00587. The number of fused-ring (bicyclic) bond motifs is 1. The van der Waals surface area contributed by atoms with Crippen LogP contribution in [-0.2, 0) is 11.3 Å². The first-order valence-corrected chi connectivity index (χ1v) is 15.8. The van der Waals surface area contributed by atoms with Crippen molar-refractivity contribution in [1.29, 1.82) is 0 Å². The Morgan fingerprint density at radius 2 is 1.63 bits per heavy atom. The van der Waals surface area contributed by atoms with Gasteiger partial charge >= 0.3 is 0 Å². The van der Waals surface area contributed by atoms with Gasteiger partial charge in [0.1, 0.15) is 0 Å². The number of rotatable bonds is 5. The first-order valence-electron chi connectivity index (χ1n) is 15.0. The molecule has 0 spiro atoms. The van der Waals surface area contributed by atoms with Gasteiger partial charge in [-0.1, -0.05) is 66.2 Å². The molecule has 41 heavy (non-hydrogen) atoms. The maximum absolute atomic E-state index is 13.8. The van der Waals surface area contributed by atoms with E-state index in [1.54, 1.807) is 0 Å². The van der Waals surface area contributed by atoms with Crippen LogP contribution in [0, 0.1) is 13.8 Å². The summed E-state index contributed by atoms with van der Waals surface area (Å²) in [6.45, 7) is 8.79. The number of hydrogen-bond donors (Lipinski definition) is 0. The zero-order chi connectivity index (χ0) is 28.3. The molecule has 6 heteroatoms. The molecule has 0 aromatic heterocycles. The van der Waals surface area contributed by atoms with Crippen molar-refractivity contribution in [3.05, 3.63) is 99.5 Å². The van der Waals surface area contributed by atoms with Gasteiger partial charge in [0.15, 0.2) is 0 Å². The van der Waals surface area contributed by atoms with Crippen molar-refractivity contribution in [2.75, 3.05) is 31.1 Å². The third-order valence-corrected chi connectivity index (χ3v) is 9.86. The number of carbonyl (C=O) groups excluding carboxylic acids is 2. The molecule has 5 nitrogen and oxygen atoms in total. The van der Waals surface area contributed by atoms with Crippen LogP contribution in [0.2, 0.25) is 0 Å². The molecular formula is C35H39N3O2S. The average Bonchev–Trinajstić information content (AvgIpc) is 3.01. The van der Waals surface area contributed by atoms with E-state index in [9.17, 15) is 9.59 Å². The van der Waals surface area contributed by atoms with Crippen LogP contribution < -0.4 is 4.90 Å². The lowest BCUT2D eigenvalue weighted by Crippen LogP contribution is -2.48. The zero-order valence-electron chi connectivity index (χ0n) is 24.1. The summed E-state index contributed by atoms with van der Waals surface area (Å²) in [6, 6.07) is 22.9. The molecule has 3 heterocycles.